The molecule has 0 spiro atoms. The maximum absolute atomic E-state index is 5.66. The molecule has 0 aliphatic rings. The van der Waals surface area contributed by atoms with E-state index in [4.69, 9.17) is 5.73 Å². The van der Waals surface area contributed by atoms with E-state index in [1.165, 1.54) is 55.5 Å². The zero-order valence-corrected chi connectivity index (χ0v) is 21.7. The maximum atomic E-state index is 5.66. The molecular formula is C29H48N4+2. The van der Waals surface area contributed by atoms with Gasteiger partial charge in [-0.25, -0.2) is 4.57 Å². The monoisotopic (exact) mass is 452 g/mol. The number of quaternary nitrogens is 1. The van der Waals surface area contributed by atoms with Gasteiger partial charge in [0.05, 0.1) is 33.6 Å². The molecule has 0 unspecified atom stereocenters. The smallest absolute Gasteiger partial charge is 0.169 e. The topological polar surface area (TPSA) is 33.1 Å². The Morgan fingerprint density at radius 1 is 0.788 bits per heavy atom. The summed E-state index contributed by atoms with van der Waals surface area (Å²) in [6, 6.07) is 13.4. The van der Waals surface area contributed by atoms with Crippen LogP contribution in [0.4, 0.5) is 5.69 Å². The van der Waals surface area contributed by atoms with Crippen molar-refractivity contribution >= 4 is 17.8 Å². The van der Waals surface area contributed by atoms with E-state index in [-0.39, 0.29) is 0 Å². The minimum atomic E-state index is 0.784. The fourth-order valence-electron chi connectivity index (χ4n) is 4.10. The predicted molar refractivity (Wildman–Crippen MR) is 144 cm³/mol. The fraction of sp³-hybridized carbons (Fsp3) is 0.552. The van der Waals surface area contributed by atoms with Gasteiger partial charge in [0.25, 0.3) is 0 Å². The molecule has 0 radical (unpaired) electrons. The molecule has 0 atom stereocenters. The second-order valence-corrected chi connectivity index (χ2v) is 9.87. The zero-order chi connectivity index (χ0) is 23.9. The summed E-state index contributed by atoms with van der Waals surface area (Å²) in [4.78, 5) is 2.54. The Morgan fingerprint density at radius 3 is 1.88 bits per heavy atom. The molecule has 0 saturated carbocycles. The van der Waals surface area contributed by atoms with Crippen LogP contribution < -0.4 is 15.2 Å². The molecule has 33 heavy (non-hydrogen) atoms. The van der Waals surface area contributed by atoms with E-state index >= 15 is 0 Å². The van der Waals surface area contributed by atoms with Crippen molar-refractivity contribution in [2.24, 2.45) is 5.73 Å². The van der Waals surface area contributed by atoms with Crippen molar-refractivity contribution < 1.29 is 9.05 Å². The Bertz CT molecular complexity index is 785. The number of anilines is 1. The van der Waals surface area contributed by atoms with E-state index < -0.39 is 0 Å². The van der Waals surface area contributed by atoms with Gasteiger partial charge in [0.1, 0.15) is 0 Å². The number of nitrogens with zero attached hydrogens (tertiary/aromatic N) is 3. The van der Waals surface area contributed by atoms with Crippen LogP contribution in [0.5, 0.6) is 0 Å². The molecule has 0 fully saturated rings. The van der Waals surface area contributed by atoms with Crippen molar-refractivity contribution in [1.82, 2.24) is 0 Å². The Kier molecular flexibility index (Phi) is 12.2. The van der Waals surface area contributed by atoms with Gasteiger partial charge >= 0.3 is 0 Å². The molecule has 2 N–H and O–H groups in total. The molecule has 0 bridgehead atoms. The van der Waals surface area contributed by atoms with Crippen molar-refractivity contribution in [3.8, 4) is 0 Å². The van der Waals surface area contributed by atoms with E-state index in [2.05, 4.69) is 98.4 Å². The van der Waals surface area contributed by atoms with Gasteiger partial charge in [0.2, 0.25) is 0 Å². The summed E-state index contributed by atoms with van der Waals surface area (Å²) >= 11 is 0. The van der Waals surface area contributed by atoms with Crippen LogP contribution in [0.25, 0.3) is 12.2 Å². The lowest BCUT2D eigenvalue weighted by molar-refractivity contribution is -0.893. The van der Waals surface area contributed by atoms with Crippen LogP contribution in [0.3, 0.4) is 0 Å². The molecular weight excluding hydrogens is 404 g/mol. The number of unbranched alkanes of at least 4 members (excludes halogenated alkanes) is 2. The number of hydrogen-bond donors (Lipinski definition) is 1. The van der Waals surface area contributed by atoms with Crippen LogP contribution in [0.2, 0.25) is 0 Å². The molecule has 2 aromatic rings. The van der Waals surface area contributed by atoms with E-state index in [1.807, 2.05) is 0 Å². The van der Waals surface area contributed by atoms with Gasteiger partial charge in [-0.3, -0.25) is 0 Å². The minimum Gasteiger partial charge on any atom is -0.372 e. The summed E-state index contributed by atoms with van der Waals surface area (Å²) in [5, 5.41) is 0. The van der Waals surface area contributed by atoms with Crippen molar-refractivity contribution in [2.45, 2.75) is 58.9 Å². The third-order valence-corrected chi connectivity index (χ3v) is 6.35. The molecule has 4 nitrogen and oxygen atoms in total. The van der Waals surface area contributed by atoms with Gasteiger partial charge in [0, 0.05) is 37.3 Å². The summed E-state index contributed by atoms with van der Waals surface area (Å²) in [7, 11) is 4.60. The number of hydrogen-bond acceptors (Lipinski definition) is 2. The molecule has 2 rings (SSSR count). The van der Waals surface area contributed by atoms with Gasteiger partial charge in [-0.15, -0.1) is 0 Å². The number of pyridine rings is 1. The first-order valence-corrected chi connectivity index (χ1v) is 13.0. The lowest BCUT2D eigenvalue weighted by Gasteiger charge is -2.29. The highest BCUT2D eigenvalue weighted by Gasteiger charge is 2.14. The molecule has 0 aliphatic heterocycles. The largest absolute Gasteiger partial charge is 0.372 e. The SMILES string of the molecule is CCCCN(CCCC)c1ccc(/C=C/c2cc[n+](CCC[N+](C)(C)CCCN)cc2)cc1. The van der Waals surface area contributed by atoms with Crippen LogP contribution >= 0.6 is 0 Å². The lowest BCUT2D eigenvalue weighted by atomic mass is 10.1. The third-order valence-electron chi connectivity index (χ3n) is 6.35. The minimum absolute atomic E-state index is 0.784. The predicted octanol–water partition coefficient (Wildman–Crippen LogP) is 5.37. The first-order chi connectivity index (χ1) is 16.0. The maximum Gasteiger partial charge on any atom is 0.169 e. The summed E-state index contributed by atoms with van der Waals surface area (Å²) < 4.78 is 3.34. The van der Waals surface area contributed by atoms with Crippen molar-refractivity contribution in [3.05, 3.63) is 59.9 Å². The van der Waals surface area contributed by atoms with Crippen molar-refractivity contribution in [1.29, 1.82) is 0 Å². The first kappa shape index (κ1) is 27.1. The van der Waals surface area contributed by atoms with Crippen LogP contribution in [-0.2, 0) is 6.54 Å². The average molecular weight is 453 g/mol. The summed E-state index contributed by atoms with van der Waals surface area (Å²) in [5.74, 6) is 0. The van der Waals surface area contributed by atoms with E-state index in [1.54, 1.807) is 0 Å². The number of rotatable bonds is 16. The Balaban J connectivity index is 1.87. The van der Waals surface area contributed by atoms with E-state index in [9.17, 15) is 0 Å². The van der Waals surface area contributed by atoms with Gasteiger partial charge < -0.3 is 15.1 Å². The molecule has 0 amide bonds. The fourth-order valence-corrected chi connectivity index (χ4v) is 4.10. The molecule has 1 aromatic carbocycles. The Labute approximate surface area is 203 Å². The molecule has 4 heteroatoms. The highest BCUT2D eigenvalue weighted by Crippen LogP contribution is 2.18. The molecule has 182 valence electrons. The summed E-state index contributed by atoms with van der Waals surface area (Å²) in [6.45, 7) is 11.0. The molecule has 1 aromatic heterocycles. The molecule has 0 saturated heterocycles. The second-order valence-electron chi connectivity index (χ2n) is 9.87. The van der Waals surface area contributed by atoms with E-state index in [0.717, 1.165) is 43.6 Å². The van der Waals surface area contributed by atoms with Gasteiger partial charge in [0.15, 0.2) is 18.9 Å². The van der Waals surface area contributed by atoms with Crippen LogP contribution in [0.1, 0.15) is 63.5 Å². The number of aryl methyl sites for hydroxylation is 1. The van der Waals surface area contributed by atoms with Crippen LogP contribution in [-0.4, -0.2) is 51.3 Å². The number of benzene rings is 1. The van der Waals surface area contributed by atoms with Gasteiger partial charge in [-0.1, -0.05) is 51.0 Å². The van der Waals surface area contributed by atoms with Crippen LogP contribution in [0, 0.1) is 0 Å². The quantitative estimate of drug-likeness (QED) is 0.274. The normalized spacial score (nSPS) is 11.9. The highest BCUT2D eigenvalue weighted by atomic mass is 15.3. The third kappa shape index (κ3) is 10.5. The molecule has 1 heterocycles. The zero-order valence-electron chi connectivity index (χ0n) is 21.7. The van der Waals surface area contributed by atoms with Gasteiger partial charge in [-0.05, 0) is 42.6 Å². The first-order valence-electron chi connectivity index (χ1n) is 13.0. The van der Waals surface area contributed by atoms with Crippen molar-refractivity contribution in [2.75, 3.05) is 51.7 Å². The number of nitrogens with two attached hydrogens (primary N) is 1. The molecule has 0 aliphatic carbocycles. The second kappa shape index (κ2) is 14.9. The Hall–Kier alpha value is -2.17. The summed E-state index contributed by atoms with van der Waals surface area (Å²) in [5.41, 5.74) is 9.49. The highest BCUT2D eigenvalue weighted by molar-refractivity contribution is 5.70. The average Bonchev–Trinajstić information content (AvgIpc) is 2.83. The summed E-state index contributed by atoms with van der Waals surface area (Å²) in [6.07, 6.45) is 16.1. The van der Waals surface area contributed by atoms with Gasteiger partial charge in [-0.2, -0.15) is 0 Å². The standard InChI is InChI=1S/C29H48N4/c1-5-7-21-32(22-8-6-2)29-15-13-27(14-16-29)11-12-28-17-23-31(24-18-28)20-10-26-33(3,4)25-9-19-30/h11-18,23-24H,5-10,19-22,25-26,30H2,1-4H3/q+2. The lowest BCUT2D eigenvalue weighted by Crippen LogP contribution is -2.44. The number of aromatic nitrogens is 1. The van der Waals surface area contributed by atoms with Crippen LogP contribution in [0.15, 0.2) is 48.8 Å². The van der Waals surface area contributed by atoms with E-state index in [0.29, 0.717) is 0 Å². The Morgan fingerprint density at radius 2 is 1.33 bits per heavy atom. The van der Waals surface area contributed by atoms with Crippen molar-refractivity contribution in [3.63, 3.8) is 0 Å².